The van der Waals surface area contributed by atoms with Gasteiger partial charge in [0.15, 0.2) is 11.6 Å². The van der Waals surface area contributed by atoms with Crippen LogP contribution in [0.3, 0.4) is 0 Å². The molecule has 0 spiro atoms. The number of fused-ring (bicyclic) bond motifs is 1. The van der Waals surface area contributed by atoms with Gasteiger partial charge in [-0.05, 0) is 62.4 Å². The van der Waals surface area contributed by atoms with Crippen LogP contribution in [0.5, 0.6) is 11.5 Å². The molecule has 0 bridgehead atoms. The van der Waals surface area contributed by atoms with Crippen LogP contribution in [0.1, 0.15) is 62.3 Å². The van der Waals surface area contributed by atoms with E-state index in [2.05, 4.69) is 0 Å². The number of benzene rings is 2. The normalized spacial score (nSPS) is 14.3. The number of rotatable bonds is 9. The SMILES string of the molecule is CCCCc1c(CCC(=O)O)ccc(OCc2cc(F)cc3c2OC(C)(C)C3)c1F. The van der Waals surface area contributed by atoms with E-state index >= 15 is 4.39 Å². The Bertz CT molecular complexity index is 937. The topological polar surface area (TPSA) is 55.8 Å². The fourth-order valence-electron chi connectivity index (χ4n) is 3.86. The Labute approximate surface area is 175 Å². The van der Waals surface area contributed by atoms with E-state index in [9.17, 15) is 9.18 Å². The highest BCUT2D eigenvalue weighted by molar-refractivity contribution is 5.67. The second-order valence-corrected chi connectivity index (χ2v) is 8.39. The standard InChI is InChI=1S/C24H28F2O4/c1-4-5-6-19-15(8-10-21(27)28)7-9-20(22(19)26)29-14-17-12-18(25)11-16-13-24(2,3)30-23(16)17/h7,9,11-12H,4-6,8,10,13-14H2,1-3H3,(H,27,28). The lowest BCUT2D eigenvalue weighted by Crippen LogP contribution is -2.25. The van der Waals surface area contributed by atoms with E-state index in [1.165, 1.54) is 18.2 Å². The summed E-state index contributed by atoms with van der Waals surface area (Å²) in [5, 5.41) is 8.95. The van der Waals surface area contributed by atoms with Crippen LogP contribution in [0.15, 0.2) is 24.3 Å². The molecule has 0 saturated heterocycles. The highest BCUT2D eigenvalue weighted by Crippen LogP contribution is 2.39. The predicted molar refractivity (Wildman–Crippen MR) is 110 cm³/mol. The van der Waals surface area contributed by atoms with Crippen molar-refractivity contribution >= 4 is 5.97 Å². The zero-order chi connectivity index (χ0) is 21.9. The maximum atomic E-state index is 15.2. The quantitative estimate of drug-likeness (QED) is 0.574. The lowest BCUT2D eigenvalue weighted by Gasteiger charge is -2.19. The summed E-state index contributed by atoms with van der Waals surface area (Å²) >= 11 is 0. The first kappa shape index (κ1) is 22.1. The van der Waals surface area contributed by atoms with Crippen molar-refractivity contribution in [2.45, 2.75) is 71.5 Å². The molecule has 1 N–H and O–H groups in total. The van der Waals surface area contributed by atoms with Crippen molar-refractivity contribution in [1.82, 2.24) is 0 Å². The number of aliphatic carboxylic acids is 1. The van der Waals surface area contributed by atoms with Crippen LogP contribution in [-0.2, 0) is 30.7 Å². The summed E-state index contributed by atoms with van der Waals surface area (Å²) in [5.41, 5.74) is 2.09. The highest BCUT2D eigenvalue weighted by atomic mass is 19.1. The summed E-state index contributed by atoms with van der Waals surface area (Å²) in [6, 6.07) is 6.07. The average molecular weight is 418 g/mol. The number of halogens is 2. The van der Waals surface area contributed by atoms with Crippen molar-refractivity contribution < 1.29 is 28.2 Å². The summed E-state index contributed by atoms with van der Waals surface area (Å²) in [4.78, 5) is 10.9. The molecule has 2 aromatic rings. The molecule has 2 aromatic carbocycles. The Morgan fingerprint density at radius 1 is 1.20 bits per heavy atom. The number of carboxylic acid groups (broad SMARTS) is 1. The fourth-order valence-corrected chi connectivity index (χ4v) is 3.86. The van der Waals surface area contributed by atoms with E-state index in [1.54, 1.807) is 6.07 Å². The van der Waals surface area contributed by atoms with Crippen molar-refractivity contribution in [3.05, 3.63) is 58.2 Å². The monoisotopic (exact) mass is 418 g/mol. The van der Waals surface area contributed by atoms with Gasteiger partial charge in [-0.3, -0.25) is 4.79 Å². The van der Waals surface area contributed by atoms with Crippen LogP contribution in [0, 0.1) is 11.6 Å². The van der Waals surface area contributed by atoms with E-state index in [-0.39, 0.29) is 31.0 Å². The summed E-state index contributed by atoms with van der Waals surface area (Å²) in [5.74, 6) is -1.08. The molecule has 0 fully saturated rings. The fraction of sp³-hybridized carbons (Fsp3) is 0.458. The molecule has 4 nitrogen and oxygen atoms in total. The second kappa shape index (κ2) is 9.02. The molecule has 0 saturated carbocycles. The Morgan fingerprint density at radius 2 is 1.97 bits per heavy atom. The molecule has 0 radical (unpaired) electrons. The molecule has 0 amide bonds. The number of hydrogen-bond acceptors (Lipinski definition) is 3. The van der Waals surface area contributed by atoms with Crippen LogP contribution in [0.2, 0.25) is 0 Å². The number of carboxylic acids is 1. The second-order valence-electron chi connectivity index (χ2n) is 8.39. The summed E-state index contributed by atoms with van der Waals surface area (Å²) in [6.45, 7) is 5.87. The van der Waals surface area contributed by atoms with Crippen molar-refractivity contribution in [1.29, 1.82) is 0 Å². The Balaban J connectivity index is 1.83. The number of carbonyl (C=O) groups is 1. The predicted octanol–water partition coefficient (Wildman–Crippen LogP) is 5.62. The van der Waals surface area contributed by atoms with Gasteiger partial charge in [0.2, 0.25) is 0 Å². The molecule has 1 aliphatic heterocycles. The first-order chi connectivity index (χ1) is 14.2. The average Bonchev–Trinajstić information content (AvgIpc) is 2.98. The summed E-state index contributed by atoms with van der Waals surface area (Å²) in [7, 11) is 0. The van der Waals surface area contributed by atoms with Gasteiger partial charge < -0.3 is 14.6 Å². The van der Waals surface area contributed by atoms with Gasteiger partial charge >= 0.3 is 5.97 Å². The van der Waals surface area contributed by atoms with E-state index in [0.29, 0.717) is 35.3 Å². The van der Waals surface area contributed by atoms with Crippen molar-refractivity contribution in [3.8, 4) is 11.5 Å². The Hall–Kier alpha value is -2.63. The molecule has 0 aromatic heterocycles. The molecule has 6 heteroatoms. The minimum Gasteiger partial charge on any atom is -0.487 e. The van der Waals surface area contributed by atoms with Crippen molar-refractivity contribution in [3.63, 3.8) is 0 Å². The molecule has 30 heavy (non-hydrogen) atoms. The van der Waals surface area contributed by atoms with E-state index in [0.717, 1.165) is 18.4 Å². The largest absolute Gasteiger partial charge is 0.487 e. The summed E-state index contributed by atoms with van der Waals surface area (Å²) < 4.78 is 40.9. The lowest BCUT2D eigenvalue weighted by atomic mass is 9.97. The number of hydrogen-bond donors (Lipinski definition) is 1. The van der Waals surface area contributed by atoms with Gasteiger partial charge in [0.1, 0.15) is 23.8 Å². The van der Waals surface area contributed by atoms with Crippen LogP contribution in [-0.4, -0.2) is 16.7 Å². The van der Waals surface area contributed by atoms with Gasteiger partial charge in [0.25, 0.3) is 0 Å². The molecule has 0 unspecified atom stereocenters. The Kier molecular flexibility index (Phi) is 6.64. The third kappa shape index (κ3) is 5.10. The molecule has 1 heterocycles. The molecule has 0 atom stereocenters. The van der Waals surface area contributed by atoms with Gasteiger partial charge in [-0.15, -0.1) is 0 Å². The van der Waals surface area contributed by atoms with Gasteiger partial charge in [-0.1, -0.05) is 19.4 Å². The summed E-state index contributed by atoms with van der Waals surface area (Å²) in [6.07, 6.45) is 3.02. The number of aryl methyl sites for hydroxylation is 1. The molecular weight excluding hydrogens is 390 g/mol. The molecular formula is C24H28F2O4. The van der Waals surface area contributed by atoms with Gasteiger partial charge in [0, 0.05) is 24.0 Å². The lowest BCUT2D eigenvalue weighted by molar-refractivity contribution is -0.136. The van der Waals surface area contributed by atoms with Gasteiger partial charge in [-0.2, -0.15) is 0 Å². The smallest absolute Gasteiger partial charge is 0.303 e. The van der Waals surface area contributed by atoms with E-state index < -0.39 is 17.4 Å². The molecule has 1 aliphatic rings. The third-order valence-corrected chi connectivity index (χ3v) is 5.28. The zero-order valence-electron chi connectivity index (χ0n) is 17.7. The van der Waals surface area contributed by atoms with Crippen LogP contribution < -0.4 is 9.47 Å². The first-order valence-electron chi connectivity index (χ1n) is 10.4. The number of unbranched alkanes of at least 4 members (excludes halogenated alkanes) is 1. The van der Waals surface area contributed by atoms with Crippen molar-refractivity contribution in [2.24, 2.45) is 0 Å². The van der Waals surface area contributed by atoms with E-state index in [1.807, 2.05) is 20.8 Å². The zero-order valence-corrected chi connectivity index (χ0v) is 17.7. The molecule has 3 rings (SSSR count). The van der Waals surface area contributed by atoms with Gasteiger partial charge in [0.05, 0.1) is 0 Å². The van der Waals surface area contributed by atoms with Crippen LogP contribution in [0.25, 0.3) is 0 Å². The maximum Gasteiger partial charge on any atom is 0.303 e. The van der Waals surface area contributed by atoms with Crippen LogP contribution >= 0.6 is 0 Å². The molecule has 162 valence electrons. The first-order valence-corrected chi connectivity index (χ1v) is 10.4. The van der Waals surface area contributed by atoms with Gasteiger partial charge in [-0.25, -0.2) is 8.78 Å². The molecule has 0 aliphatic carbocycles. The highest BCUT2D eigenvalue weighted by Gasteiger charge is 2.32. The third-order valence-electron chi connectivity index (χ3n) is 5.28. The number of ether oxygens (including phenoxy) is 2. The minimum atomic E-state index is -0.917. The van der Waals surface area contributed by atoms with E-state index in [4.69, 9.17) is 14.6 Å². The maximum absolute atomic E-state index is 15.2. The minimum absolute atomic E-state index is 0.0191. The van der Waals surface area contributed by atoms with Crippen molar-refractivity contribution in [2.75, 3.05) is 0 Å². The Morgan fingerprint density at radius 3 is 2.67 bits per heavy atom. The van der Waals surface area contributed by atoms with Crippen LogP contribution in [0.4, 0.5) is 8.78 Å².